The van der Waals surface area contributed by atoms with Crippen molar-refractivity contribution >= 4 is 23.0 Å². The summed E-state index contributed by atoms with van der Waals surface area (Å²) in [5.74, 6) is 0.503. The second-order valence-corrected chi connectivity index (χ2v) is 7.98. The van der Waals surface area contributed by atoms with E-state index in [2.05, 4.69) is 4.98 Å². The summed E-state index contributed by atoms with van der Waals surface area (Å²) in [5.41, 5.74) is 2.44. The Labute approximate surface area is 218 Å². The number of carbonyl (C=O) groups is 2. The number of hydrogen-bond donors (Lipinski definition) is 2. The van der Waals surface area contributed by atoms with Crippen LogP contribution in [0.15, 0.2) is 60.7 Å². The number of carboxylic acid groups (broad SMARTS) is 1. The van der Waals surface area contributed by atoms with E-state index in [1.807, 2.05) is 30.3 Å². The number of methoxy groups -OCH3 is 2. The van der Waals surface area contributed by atoms with E-state index in [0.29, 0.717) is 45.9 Å². The van der Waals surface area contributed by atoms with Gasteiger partial charge in [0.15, 0.2) is 18.1 Å². The molecule has 2 N–H and O–H groups in total. The predicted octanol–water partition coefficient (Wildman–Crippen LogP) is 5.43. The molecule has 0 bridgehead atoms. The zero-order chi connectivity index (χ0) is 27.1. The van der Waals surface area contributed by atoms with E-state index < -0.39 is 18.7 Å². The zero-order valence-corrected chi connectivity index (χ0v) is 21.1. The Bertz CT molecular complexity index is 1430. The third kappa shape index (κ3) is 5.92. The van der Waals surface area contributed by atoms with Crippen LogP contribution in [0.5, 0.6) is 28.9 Å². The number of nitrogens with one attached hydrogen (secondary N) is 1. The summed E-state index contributed by atoms with van der Waals surface area (Å²) in [6.07, 6.45) is -0.908. The Morgan fingerprint density at radius 3 is 2.37 bits per heavy atom. The molecule has 3 aromatic carbocycles. The van der Waals surface area contributed by atoms with Crippen molar-refractivity contribution in [3.63, 3.8) is 0 Å². The van der Waals surface area contributed by atoms with Crippen LogP contribution in [0.1, 0.15) is 12.5 Å². The molecule has 0 radical (unpaired) electrons. The van der Waals surface area contributed by atoms with Crippen molar-refractivity contribution < 1.29 is 43.1 Å². The smallest absolute Gasteiger partial charge is 0.497 e. The molecule has 0 saturated heterocycles. The van der Waals surface area contributed by atoms with Gasteiger partial charge >= 0.3 is 12.1 Å². The minimum atomic E-state index is -1.15. The number of fused-ring (bicyclic) bond motifs is 1. The highest BCUT2D eigenvalue weighted by Crippen LogP contribution is 2.46. The summed E-state index contributed by atoms with van der Waals surface area (Å²) in [4.78, 5) is 26.6. The summed E-state index contributed by atoms with van der Waals surface area (Å²) in [6, 6.07) is 18.1. The van der Waals surface area contributed by atoms with Crippen LogP contribution in [0, 0.1) is 0 Å². The summed E-state index contributed by atoms with van der Waals surface area (Å²) < 4.78 is 33.0. The molecule has 0 spiro atoms. The van der Waals surface area contributed by atoms with Gasteiger partial charge in [0, 0.05) is 23.1 Å². The lowest BCUT2D eigenvalue weighted by Crippen LogP contribution is -2.11. The summed E-state index contributed by atoms with van der Waals surface area (Å²) in [6.45, 7) is 1.51. The molecule has 1 heterocycles. The van der Waals surface area contributed by atoms with Crippen molar-refractivity contribution in [3.05, 3.63) is 66.2 Å². The third-order valence-electron chi connectivity index (χ3n) is 5.54. The fraction of sp³-hybridized carbons (Fsp3) is 0.214. The van der Waals surface area contributed by atoms with Crippen molar-refractivity contribution in [2.75, 3.05) is 27.4 Å². The third-order valence-corrected chi connectivity index (χ3v) is 5.54. The Hall–Kier alpha value is -4.86. The largest absolute Gasteiger partial charge is 0.515 e. The van der Waals surface area contributed by atoms with Gasteiger partial charge in [-0.15, -0.1) is 0 Å². The fourth-order valence-corrected chi connectivity index (χ4v) is 3.85. The molecular weight excluding hydrogens is 494 g/mol. The first-order valence-electron chi connectivity index (χ1n) is 11.7. The standard InChI is InChI=1S/C28H27NO9/c1-4-35-28(32)38-27-26(19-11-10-18(33-2)12-22(19)37-16-25(30)31)20-13-23(34-3)24(14-21(20)29-27)36-15-17-8-6-5-7-9-17/h5-14,29H,4,15-16H2,1-3H3,(H,30,31). The van der Waals surface area contributed by atoms with Crippen molar-refractivity contribution in [1.82, 2.24) is 4.98 Å². The minimum absolute atomic E-state index is 0.0751. The molecule has 10 nitrogen and oxygen atoms in total. The van der Waals surface area contributed by atoms with Crippen LogP contribution in [0.25, 0.3) is 22.0 Å². The number of benzene rings is 3. The lowest BCUT2D eigenvalue weighted by molar-refractivity contribution is -0.139. The maximum atomic E-state index is 12.3. The average molecular weight is 522 g/mol. The van der Waals surface area contributed by atoms with E-state index in [1.54, 1.807) is 37.3 Å². The highest BCUT2D eigenvalue weighted by Gasteiger charge is 2.24. The summed E-state index contributed by atoms with van der Waals surface area (Å²) in [7, 11) is 3.01. The van der Waals surface area contributed by atoms with Crippen LogP contribution >= 0.6 is 0 Å². The number of hydrogen-bond acceptors (Lipinski definition) is 8. The van der Waals surface area contributed by atoms with Crippen LogP contribution in [-0.2, 0) is 16.1 Å². The molecular formula is C28H27NO9. The molecule has 1 aromatic heterocycles. The highest BCUT2D eigenvalue weighted by atomic mass is 16.7. The van der Waals surface area contributed by atoms with E-state index >= 15 is 0 Å². The molecule has 0 atom stereocenters. The Morgan fingerprint density at radius 1 is 0.895 bits per heavy atom. The normalized spacial score (nSPS) is 10.6. The van der Waals surface area contributed by atoms with Gasteiger partial charge in [-0.3, -0.25) is 0 Å². The van der Waals surface area contributed by atoms with Crippen LogP contribution in [0.4, 0.5) is 4.79 Å². The summed E-state index contributed by atoms with van der Waals surface area (Å²) in [5, 5.41) is 9.79. The molecule has 4 aromatic rings. The van der Waals surface area contributed by atoms with E-state index in [1.165, 1.54) is 14.2 Å². The van der Waals surface area contributed by atoms with Crippen molar-refractivity contribution in [2.45, 2.75) is 13.5 Å². The lowest BCUT2D eigenvalue weighted by Gasteiger charge is -2.14. The number of ether oxygens (including phenoxy) is 6. The van der Waals surface area contributed by atoms with Crippen LogP contribution < -0.4 is 23.7 Å². The second kappa shape index (κ2) is 11.9. The first-order chi connectivity index (χ1) is 18.4. The monoisotopic (exact) mass is 521 g/mol. The number of carboxylic acids is 1. The van der Waals surface area contributed by atoms with Crippen molar-refractivity contribution in [2.24, 2.45) is 0 Å². The summed E-state index contributed by atoms with van der Waals surface area (Å²) >= 11 is 0. The Morgan fingerprint density at radius 2 is 1.68 bits per heavy atom. The maximum absolute atomic E-state index is 12.3. The quantitative estimate of drug-likeness (QED) is 0.249. The van der Waals surface area contributed by atoms with Gasteiger partial charge in [0.2, 0.25) is 5.88 Å². The van der Waals surface area contributed by atoms with Crippen LogP contribution in [-0.4, -0.2) is 49.6 Å². The zero-order valence-electron chi connectivity index (χ0n) is 21.1. The molecule has 0 aliphatic rings. The maximum Gasteiger partial charge on any atom is 0.515 e. The Balaban J connectivity index is 1.85. The molecule has 0 unspecified atom stereocenters. The average Bonchev–Trinajstić information content (AvgIpc) is 3.26. The van der Waals surface area contributed by atoms with E-state index in [9.17, 15) is 14.7 Å². The van der Waals surface area contributed by atoms with Gasteiger partial charge < -0.3 is 38.5 Å². The number of rotatable bonds is 11. The van der Waals surface area contributed by atoms with E-state index in [-0.39, 0.29) is 18.2 Å². The van der Waals surface area contributed by atoms with Gasteiger partial charge in [0.1, 0.15) is 18.1 Å². The Kier molecular flexibility index (Phi) is 8.22. The first kappa shape index (κ1) is 26.2. The molecule has 0 aliphatic carbocycles. The number of H-pyrrole nitrogens is 1. The van der Waals surface area contributed by atoms with Gasteiger partial charge in [-0.05, 0) is 30.7 Å². The molecule has 0 fully saturated rings. The fourth-order valence-electron chi connectivity index (χ4n) is 3.85. The molecule has 0 aliphatic heterocycles. The number of carbonyl (C=O) groups excluding carboxylic acids is 1. The van der Waals surface area contributed by atoms with Gasteiger partial charge in [-0.25, -0.2) is 9.59 Å². The van der Waals surface area contributed by atoms with Gasteiger partial charge in [-0.2, -0.15) is 0 Å². The van der Waals surface area contributed by atoms with Crippen molar-refractivity contribution in [1.29, 1.82) is 0 Å². The molecule has 38 heavy (non-hydrogen) atoms. The van der Waals surface area contributed by atoms with E-state index in [4.69, 9.17) is 28.4 Å². The SMILES string of the molecule is CCOC(=O)Oc1[nH]c2cc(OCc3ccccc3)c(OC)cc2c1-c1ccc(OC)cc1OCC(=O)O. The molecule has 0 amide bonds. The van der Waals surface area contributed by atoms with E-state index in [0.717, 1.165) is 5.56 Å². The number of aromatic amines is 1. The molecule has 198 valence electrons. The second-order valence-electron chi connectivity index (χ2n) is 7.98. The van der Waals surface area contributed by atoms with Crippen molar-refractivity contribution in [3.8, 4) is 40.0 Å². The van der Waals surface area contributed by atoms with Crippen LogP contribution in [0.2, 0.25) is 0 Å². The topological polar surface area (TPSA) is 126 Å². The first-order valence-corrected chi connectivity index (χ1v) is 11.7. The molecule has 10 heteroatoms. The molecule has 4 rings (SSSR count). The minimum Gasteiger partial charge on any atom is -0.497 e. The molecule has 0 saturated carbocycles. The predicted molar refractivity (Wildman–Crippen MR) is 138 cm³/mol. The lowest BCUT2D eigenvalue weighted by atomic mass is 10.0. The van der Waals surface area contributed by atoms with Crippen LogP contribution in [0.3, 0.4) is 0 Å². The highest BCUT2D eigenvalue weighted by molar-refractivity contribution is 6.02. The van der Waals surface area contributed by atoms with Gasteiger partial charge in [-0.1, -0.05) is 30.3 Å². The van der Waals surface area contributed by atoms with Gasteiger partial charge in [0.05, 0.1) is 31.9 Å². The number of aromatic nitrogens is 1. The number of aliphatic carboxylic acids is 1. The van der Waals surface area contributed by atoms with Gasteiger partial charge in [0.25, 0.3) is 0 Å².